The SMILES string of the molecule is COc1cccc(CN(C(=O)CN(c2cccc(C(F)(F)F)c2)S(=O)(=O)c2ccc(C)cc2)[C@H](Cc2ccccc2)C(=O)NC2CCCCC2)c1. The molecule has 270 valence electrons. The number of hydrogen-bond donors (Lipinski definition) is 1. The maximum atomic E-state index is 14.7. The van der Waals surface area contributed by atoms with E-state index < -0.39 is 46.2 Å². The van der Waals surface area contributed by atoms with Crippen molar-refractivity contribution in [3.63, 3.8) is 0 Å². The molecule has 51 heavy (non-hydrogen) atoms. The number of hydrogen-bond acceptors (Lipinski definition) is 5. The van der Waals surface area contributed by atoms with Crippen molar-refractivity contribution in [2.24, 2.45) is 0 Å². The van der Waals surface area contributed by atoms with E-state index in [1.165, 1.54) is 30.2 Å². The number of halogens is 3. The summed E-state index contributed by atoms with van der Waals surface area (Å²) in [5, 5.41) is 3.14. The Labute approximate surface area is 297 Å². The number of rotatable bonds is 13. The Morgan fingerprint density at radius 3 is 2.20 bits per heavy atom. The summed E-state index contributed by atoms with van der Waals surface area (Å²) >= 11 is 0. The molecule has 0 radical (unpaired) electrons. The van der Waals surface area contributed by atoms with E-state index in [2.05, 4.69) is 5.32 Å². The van der Waals surface area contributed by atoms with Gasteiger partial charge in [-0.3, -0.25) is 13.9 Å². The van der Waals surface area contributed by atoms with Crippen LogP contribution in [0.1, 0.15) is 54.4 Å². The van der Waals surface area contributed by atoms with Gasteiger partial charge >= 0.3 is 6.18 Å². The molecule has 1 fully saturated rings. The summed E-state index contributed by atoms with van der Waals surface area (Å²) in [7, 11) is -3.07. The Hall–Kier alpha value is -4.84. The smallest absolute Gasteiger partial charge is 0.416 e. The molecule has 0 bridgehead atoms. The average Bonchev–Trinajstić information content (AvgIpc) is 3.12. The summed E-state index contributed by atoms with van der Waals surface area (Å²) < 4.78 is 76.2. The highest BCUT2D eigenvalue weighted by Crippen LogP contribution is 2.34. The number of carbonyl (C=O) groups excluding carboxylic acids is 2. The molecule has 4 aromatic rings. The van der Waals surface area contributed by atoms with E-state index in [1.54, 1.807) is 43.3 Å². The summed E-state index contributed by atoms with van der Waals surface area (Å²) in [6.07, 6.45) is -0.0647. The zero-order valence-corrected chi connectivity index (χ0v) is 29.4. The summed E-state index contributed by atoms with van der Waals surface area (Å²) in [6, 6.07) is 24.6. The molecular weight excluding hydrogens is 680 g/mol. The second-order valence-corrected chi connectivity index (χ2v) is 14.7. The van der Waals surface area contributed by atoms with Crippen LogP contribution in [0.2, 0.25) is 0 Å². The van der Waals surface area contributed by atoms with Crippen LogP contribution in [0.5, 0.6) is 5.75 Å². The van der Waals surface area contributed by atoms with Gasteiger partial charge in [0.15, 0.2) is 0 Å². The number of ether oxygens (including phenoxy) is 1. The first kappa shape index (κ1) is 37.4. The number of amides is 2. The Bertz CT molecular complexity index is 1900. The van der Waals surface area contributed by atoms with E-state index in [0.717, 1.165) is 55.4 Å². The van der Waals surface area contributed by atoms with Crippen LogP contribution >= 0.6 is 0 Å². The first-order chi connectivity index (χ1) is 24.3. The van der Waals surface area contributed by atoms with Crippen LogP contribution in [0.3, 0.4) is 0 Å². The van der Waals surface area contributed by atoms with E-state index in [4.69, 9.17) is 4.74 Å². The summed E-state index contributed by atoms with van der Waals surface area (Å²) in [4.78, 5) is 30.1. The molecule has 2 amide bonds. The molecule has 5 rings (SSSR count). The van der Waals surface area contributed by atoms with Crippen LogP contribution in [0.15, 0.2) is 108 Å². The van der Waals surface area contributed by atoms with Gasteiger partial charge in [-0.2, -0.15) is 13.2 Å². The summed E-state index contributed by atoms with van der Waals surface area (Å²) in [5.74, 6) is -0.654. The molecule has 1 aliphatic carbocycles. The lowest BCUT2D eigenvalue weighted by atomic mass is 9.94. The largest absolute Gasteiger partial charge is 0.497 e. The van der Waals surface area contributed by atoms with Crippen molar-refractivity contribution in [2.75, 3.05) is 18.0 Å². The number of anilines is 1. The van der Waals surface area contributed by atoms with Crippen LogP contribution < -0.4 is 14.4 Å². The Morgan fingerprint density at radius 2 is 1.53 bits per heavy atom. The summed E-state index contributed by atoms with van der Waals surface area (Å²) in [6.45, 7) is 0.794. The molecule has 1 atom stereocenters. The molecule has 0 saturated heterocycles. The van der Waals surface area contributed by atoms with Gasteiger partial charge in [0.25, 0.3) is 10.0 Å². The maximum absolute atomic E-state index is 14.7. The standard InChI is InChI=1S/C39H42F3N3O5S/c1-28-19-21-35(22-20-28)51(48,49)45(33-17-10-14-31(25-33)39(40,41)42)27-37(46)44(26-30-13-9-18-34(23-30)50-2)36(24-29-11-5-3-6-12-29)38(47)43-32-15-7-4-8-16-32/h3,5-6,9-14,17-23,25,32,36H,4,7-8,15-16,24,26-27H2,1-2H3,(H,43,47)/t36-/m1/s1. The first-order valence-electron chi connectivity index (χ1n) is 16.9. The highest BCUT2D eigenvalue weighted by molar-refractivity contribution is 7.92. The van der Waals surface area contributed by atoms with Gasteiger partial charge in [0, 0.05) is 19.0 Å². The molecule has 1 N–H and O–H groups in total. The quantitative estimate of drug-likeness (QED) is 0.156. The van der Waals surface area contributed by atoms with E-state index in [0.29, 0.717) is 21.7 Å². The minimum absolute atomic E-state index is 0.0817. The third-order valence-electron chi connectivity index (χ3n) is 9.06. The predicted octanol–water partition coefficient (Wildman–Crippen LogP) is 7.31. The fraction of sp³-hybridized carbons (Fsp3) is 0.333. The zero-order valence-electron chi connectivity index (χ0n) is 28.6. The van der Waals surface area contributed by atoms with Crippen molar-refractivity contribution in [2.45, 2.75) is 75.1 Å². The summed E-state index contributed by atoms with van der Waals surface area (Å²) in [5.41, 5.74) is 0.739. The lowest BCUT2D eigenvalue weighted by Crippen LogP contribution is -2.55. The van der Waals surface area contributed by atoms with Gasteiger partial charge in [0.1, 0.15) is 18.3 Å². The van der Waals surface area contributed by atoms with Gasteiger partial charge in [-0.25, -0.2) is 8.42 Å². The zero-order chi connectivity index (χ0) is 36.6. The van der Waals surface area contributed by atoms with E-state index in [-0.39, 0.29) is 29.6 Å². The Kier molecular flexibility index (Phi) is 12.1. The number of carbonyl (C=O) groups is 2. The highest BCUT2D eigenvalue weighted by atomic mass is 32.2. The van der Waals surface area contributed by atoms with E-state index in [9.17, 15) is 31.2 Å². The first-order valence-corrected chi connectivity index (χ1v) is 18.3. The topological polar surface area (TPSA) is 96.0 Å². The van der Waals surface area contributed by atoms with Gasteiger partial charge < -0.3 is 15.0 Å². The monoisotopic (exact) mass is 721 g/mol. The van der Waals surface area contributed by atoms with Gasteiger partial charge in [0.2, 0.25) is 11.8 Å². The second-order valence-electron chi connectivity index (χ2n) is 12.8. The fourth-order valence-corrected chi connectivity index (χ4v) is 7.68. The van der Waals surface area contributed by atoms with Crippen molar-refractivity contribution in [3.8, 4) is 5.75 Å². The molecule has 0 aromatic heterocycles. The predicted molar refractivity (Wildman–Crippen MR) is 190 cm³/mol. The van der Waals surface area contributed by atoms with Crippen molar-refractivity contribution < 1.29 is 35.9 Å². The van der Waals surface area contributed by atoms with Crippen molar-refractivity contribution in [3.05, 3.63) is 125 Å². The number of aryl methyl sites for hydroxylation is 1. The minimum Gasteiger partial charge on any atom is -0.497 e. The molecule has 8 nitrogen and oxygen atoms in total. The third kappa shape index (κ3) is 9.69. The third-order valence-corrected chi connectivity index (χ3v) is 10.8. The fourth-order valence-electron chi connectivity index (χ4n) is 6.27. The van der Waals surface area contributed by atoms with Crippen LogP contribution in [0.4, 0.5) is 18.9 Å². The Balaban J connectivity index is 1.60. The number of methoxy groups -OCH3 is 1. The Morgan fingerprint density at radius 1 is 0.863 bits per heavy atom. The molecule has 12 heteroatoms. The molecule has 4 aromatic carbocycles. The lowest BCUT2D eigenvalue weighted by molar-refractivity contribution is -0.140. The van der Waals surface area contributed by atoms with Gasteiger partial charge in [-0.05, 0) is 73.4 Å². The molecule has 0 spiro atoms. The minimum atomic E-state index is -4.77. The number of sulfonamides is 1. The van der Waals surface area contributed by atoms with Crippen molar-refractivity contribution >= 4 is 27.5 Å². The maximum Gasteiger partial charge on any atom is 0.416 e. The second kappa shape index (κ2) is 16.5. The molecule has 0 aliphatic heterocycles. The molecule has 0 unspecified atom stereocenters. The normalized spacial score (nSPS) is 14.4. The van der Waals surface area contributed by atoms with Crippen LogP contribution in [0.25, 0.3) is 0 Å². The van der Waals surface area contributed by atoms with Crippen LogP contribution in [0, 0.1) is 6.92 Å². The van der Waals surface area contributed by atoms with E-state index in [1.807, 2.05) is 30.3 Å². The van der Waals surface area contributed by atoms with Crippen molar-refractivity contribution in [1.82, 2.24) is 10.2 Å². The van der Waals surface area contributed by atoms with Crippen LogP contribution in [-0.2, 0) is 38.8 Å². The molecular formula is C39H42F3N3O5S. The molecule has 1 aliphatic rings. The number of nitrogens with one attached hydrogen (secondary N) is 1. The van der Waals surface area contributed by atoms with Gasteiger partial charge in [-0.15, -0.1) is 0 Å². The number of benzene rings is 4. The van der Waals surface area contributed by atoms with Gasteiger partial charge in [-0.1, -0.05) is 85.5 Å². The highest BCUT2D eigenvalue weighted by Gasteiger charge is 2.37. The molecule has 1 saturated carbocycles. The van der Waals surface area contributed by atoms with Gasteiger partial charge in [0.05, 0.1) is 23.3 Å². The lowest BCUT2D eigenvalue weighted by Gasteiger charge is -2.35. The van der Waals surface area contributed by atoms with Crippen LogP contribution in [-0.4, -0.2) is 50.9 Å². The number of nitrogens with zero attached hydrogens (tertiary/aromatic N) is 2. The van der Waals surface area contributed by atoms with E-state index >= 15 is 0 Å². The average molecular weight is 722 g/mol. The molecule has 0 heterocycles. The number of alkyl halides is 3. The van der Waals surface area contributed by atoms with Crippen molar-refractivity contribution in [1.29, 1.82) is 0 Å².